The number of nitrogens with one attached hydrogen (secondary N) is 1. The van der Waals surface area contributed by atoms with E-state index in [0.717, 1.165) is 51.5 Å². The highest BCUT2D eigenvalue weighted by Gasteiger charge is 2.25. The molecule has 0 radical (unpaired) electrons. The lowest BCUT2D eigenvalue weighted by molar-refractivity contribution is 0.141. The van der Waals surface area contributed by atoms with Gasteiger partial charge in [-0.15, -0.1) is 0 Å². The van der Waals surface area contributed by atoms with E-state index >= 15 is 0 Å². The number of hydrogen-bond acceptors (Lipinski definition) is 5. The summed E-state index contributed by atoms with van der Waals surface area (Å²) in [7, 11) is 0. The Kier molecular flexibility index (Phi) is 5.05. The number of piperidine rings is 1. The molecule has 2 aliphatic rings. The van der Waals surface area contributed by atoms with Crippen molar-refractivity contribution in [2.75, 3.05) is 44.3 Å². The first-order chi connectivity index (χ1) is 10.8. The van der Waals surface area contributed by atoms with Gasteiger partial charge in [-0.1, -0.05) is 0 Å². The highest BCUT2D eigenvalue weighted by atomic mass is 16.5. The predicted octanol–water partition coefficient (Wildman–Crippen LogP) is 0.877. The average Bonchev–Trinajstić information content (AvgIpc) is 2.85. The van der Waals surface area contributed by atoms with E-state index in [1.165, 1.54) is 0 Å². The molecule has 2 aliphatic heterocycles. The van der Waals surface area contributed by atoms with Gasteiger partial charge in [0.05, 0.1) is 6.61 Å². The molecular weight excluding hydrogens is 282 g/mol. The van der Waals surface area contributed by atoms with E-state index in [1.807, 2.05) is 11.0 Å². The molecule has 22 heavy (non-hydrogen) atoms. The number of hydrogen-bond donors (Lipinski definition) is 1. The van der Waals surface area contributed by atoms with E-state index in [9.17, 15) is 4.79 Å². The molecule has 0 aromatic carbocycles. The molecule has 1 aromatic heterocycles. The number of ether oxygens (including phenoxy) is 1. The van der Waals surface area contributed by atoms with Crippen LogP contribution in [0.1, 0.15) is 19.3 Å². The van der Waals surface area contributed by atoms with Crippen LogP contribution in [-0.2, 0) is 4.74 Å². The largest absolute Gasteiger partial charge is 0.380 e. The summed E-state index contributed by atoms with van der Waals surface area (Å²) in [4.78, 5) is 24.9. The van der Waals surface area contributed by atoms with Crippen LogP contribution in [0, 0.1) is 0 Å². The monoisotopic (exact) mass is 305 g/mol. The molecule has 2 fully saturated rings. The van der Waals surface area contributed by atoms with Crippen molar-refractivity contribution >= 4 is 12.0 Å². The molecule has 1 N–H and O–H groups in total. The molecule has 0 bridgehead atoms. The maximum Gasteiger partial charge on any atom is 0.317 e. The third kappa shape index (κ3) is 3.85. The Balaban J connectivity index is 1.54. The topological polar surface area (TPSA) is 70.6 Å². The number of carbonyl (C=O) groups excluding carboxylic acids is 1. The highest BCUT2D eigenvalue weighted by Crippen LogP contribution is 2.15. The average molecular weight is 305 g/mol. The standard InChI is InChI=1S/C15H23N5O2/c21-15(19-8-3-10-22-11-9-19)18-13-4-1-7-20(12-13)14-16-5-2-6-17-14/h2,5-6,13H,1,3-4,7-12H2,(H,18,21). The van der Waals surface area contributed by atoms with Gasteiger partial charge in [0.1, 0.15) is 0 Å². The summed E-state index contributed by atoms with van der Waals surface area (Å²) < 4.78 is 5.39. The molecule has 7 heteroatoms. The minimum Gasteiger partial charge on any atom is -0.380 e. The third-order valence-corrected chi connectivity index (χ3v) is 4.09. The minimum absolute atomic E-state index is 0.0198. The second-order valence-electron chi connectivity index (χ2n) is 5.74. The maximum atomic E-state index is 12.4. The Labute approximate surface area is 130 Å². The van der Waals surface area contributed by atoms with E-state index in [0.29, 0.717) is 13.2 Å². The Morgan fingerprint density at radius 2 is 2.05 bits per heavy atom. The molecule has 1 atom stereocenters. The summed E-state index contributed by atoms with van der Waals surface area (Å²) >= 11 is 0. The van der Waals surface area contributed by atoms with Crippen LogP contribution in [0.25, 0.3) is 0 Å². The molecule has 0 aliphatic carbocycles. The number of carbonyl (C=O) groups is 1. The van der Waals surface area contributed by atoms with Crippen LogP contribution < -0.4 is 10.2 Å². The van der Waals surface area contributed by atoms with Gasteiger partial charge in [-0.05, 0) is 25.3 Å². The number of nitrogens with zero attached hydrogens (tertiary/aromatic N) is 4. The molecule has 1 aromatic rings. The predicted molar refractivity (Wildman–Crippen MR) is 82.8 cm³/mol. The van der Waals surface area contributed by atoms with Crippen molar-refractivity contribution < 1.29 is 9.53 Å². The second kappa shape index (κ2) is 7.40. The fourth-order valence-corrected chi connectivity index (χ4v) is 2.95. The number of aromatic nitrogens is 2. The van der Waals surface area contributed by atoms with Crippen molar-refractivity contribution in [2.45, 2.75) is 25.3 Å². The summed E-state index contributed by atoms with van der Waals surface area (Å²) in [6, 6.07) is 1.98. The normalized spacial score (nSPS) is 23.0. The molecule has 0 spiro atoms. The Morgan fingerprint density at radius 1 is 1.18 bits per heavy atom. The van der Waals surface area contributed by atoms with Crippen LogP contribution in [0.2, 0.25) is 0 Å². The molecule has 2 saturated heterocycles. The van der Waals surface area contributed by atoms with E-state index in [-0.39, 0.29) is 12.1 Å². The zero-order valence-corrected chi connectivity index (χ0v) is 12.8. The summed E-state index contributed by atoms with van der Waals surface area (Å²) in [6.07, 6.45) is 6.44. The van der Waals surface area contributed by atoms with Crippen molar-refractivity contribution in [1.82, 2.24) is 20.2 Å². The zero-order valence-electron chi connectivity index (χ0n) is 12.8. The van der Waals surface area contributed by atoms with Crippen molar-refractivity contribution in [1.29, 1.82) is 0 Å². The van der Waals surface area contributed by atoms with Gasteiger partial charge >= 0.3 is 6.03 Å². The van der Waals surface area contributed by atoms with Gasteiger partial charge in [0.2, 0.25) is 5.95 Å². The lowest BCUT2D eigenvalue weighted by Gasteiger charge is -2.34. The van der Waals surface area contributed by atoms with Gasteiger partial charge in [0.15, 0.2) is 0 Å². The van der Waals surface area contributed by atoms with Crippen molar-refractivity contribution in [3.8, 4) is 0 Å². The number of rotatable bonds is 2. The number of amides is 2. The van der Waals surface area contributed by atoms with Crippen molar-refractivity contribution in [3.05, 3.63) is 18.5 Å². The van der Waals surface area contributed by atoms with E-state index in [2.05, 4.69) is 20.2 Å². The number of anilines is 1. The van der Waals surface area contributed by atoms with Gasteiger partial charge in [0, 0.05) is 51.2 Å². The maximum absolute atomic E-state index is 12.4. The fourth-order valence-electron chi connectivity index (χ4n) is 2.95. The third-order valence-electron chi connectivity index (χ3n) is 4.09. The van der Waals surface area contributed by atoms with Gasteiger partial charge < -0.3 is 19.9 Å². The van der Waals surface area contributed by atoms with Crippen LogP contribution >= 0.6 is 0 Å². The van der Waals surface area contributed by atoms with Crippen LogP contribution in [0.4, 0.5) is 10.7 Å². The van der Waals surface area contributed by atoms with E-state index in [1.54, 1.807) is 12.4 Å². The Hall–Kier alpha value is -1.89. The molecule has 3 rings (SSSR count). The SMILES string of the molecule is O=C(NC1CCCN(c2ncccn2)C1)N1CCCOCC1. The number of urea groups is 1. The summed E-state index contributed by atoms with van der Waals surface area (Å²) in [5.41, 5.74) is 0. The Morgan fingerprint density at radius 3 is 2.91 bits per heavy atom. The summed E-state index contributed by atoms with van der Waals surface area (Å²) in [5, 5.41) is 3.15. The van der Waals surface area contributed by atoms with Crippen LogP contribution in [0.5, 0.6) is 0 Å². The molecule has 7 nitrogen and oxygen atoms in total. The van der Waals surface area contributed by atoms with Crippen LogP contribution in [0.3, 0.4) is 0 Å². The van der Waals surface area contributed by atoms with Crippen LogP contribution in [0.15, 0.2) is 18.5 Å². The zero-order chi connectivity index (χ0) is 15.2. The fraction of sp³-hybridized carbons (Fsp3) is 0.667. The lowest BCUT2D eigenvalue weighted by Crippen LogP contribution is -2.52. The van der Waals surface area contributed by atoms with Gasteiger partial charge in [-0.2, -0.15) is 0 Å². The first-order valence-electron chi connectivity index (χ1n) is 7.98. The van der Waals surface area contributed by atoms with Crippen molar-refractivity contribution in [2.24, 2.45) is 0 Å². The highest BCUT2D eigenvalue weighted by molar-refractivity contribution is 5.74. The van der Waals surface area contributed by atoms with Gasteiger partial charge in [0.25, 0.3) is 0 Å². The first kappa shape index (κ1) is 15.0. The molecule has 1 unspecified atom stereocenters. The smallest absolute Gasteiger partial charge is 0.317 e. The quantitative estimate of drug-likeness (QED) is 0.878. The first-order valence-corrected chi connectivity index (χ1v) is 7.98. The molecule has 0 saturated carbocycles. The second-order valence-corrected chi connectivity index (χ2v) is 5.74. The van der Waals surface area contributed by atoms with E-state index < -0.39 is 0 Å². The molecule has 2 amide bonds. The van der Waals surface area contributed by atoms with Crippen molar-refractivity contribution in [3.63, 3.8) is 0 Å². The summed E-state index contributed by atoms with van der Waals surface area (Å²) in [5.74, 6) is 0.740. The molecule has 3 heterocycles. The Bertz CT molecular complexity index is 476. The van der Waals surface area contributed by atoms with Gasteiger partial charge in [-0.3, -0.25) is 0 Å². The minimum atomic E-state index is 0.0198. The van der Waals surface area contributed by atoms with Crippen LogP contribution in [-0.4, -0.2) is 66.3 Å². The lowest BCUT2D eigenvalue weighted by atomic mass is 10.1. The summed E-state index contributed by atoms with van der Waals surface area (Å²) in [6.45, 7) is 4.51. The molecular formula is C15H23N5O2. The van der Waals surface area contributed by atoms with Gasteiger partial charge in [-0.25, -0.2) is 14.8 Å². The molecule has 120 valence electrons. The van der Waals surface area contributed by atoms with E-state index in [4.69, 9.17) is 4.74 Å².